The summed E-state index contributed by atoms with van der Waals surface area (Å²) in [6, 6.07) is 9.80. The zero-order chi connectivity index (χ0) is 8.39. The van der Waals surface area contributed by atoms with Gasteiger partial charge in [-0.15, -0.1) is 0 Å². The molecule has 0 bridgehead atoms. The van der Waals surface area contributed by atoms with E-state index in [1.807, 2.05) is 30.3 Å². The molecule has 0 aliphatic rings. The number of methoxy groups -OCH3 is 1. The molecule has 2 rings (SSSR count). The average molecular weight is 158 g/mol. The number of nitrogens with zero attached hydrogens (tertiary/aromatic N) is 1. The highest BCUT2D eigenvalue weighted by Gasteiger charge is 1.95. The van der Waals surface area contributed by atoms with Gasteiger partial charge >= 0.3 is 0 Å². The van der Waals surface area contributed by atoms with Crippen molar-refractivity contribution in [1.82, 2.24) is 4.98 Å². The van der Waals surface area contributed by atoms with Crippen LogP contribution in [0.15, 0.2) is 30.3 Å². The second-order valence-electron chi connectivity index (χ2n) is 2.50. The maximum Gasteiger partial charge on any atom is 0.147 e. The number of hydrogen-bond acceptors (Lipinski definition) is 2. The minimum Gasteiger partial charge on any atom is -0.494 e. The number of aromatic nitrogens is 1. The smallest absolute Gasteiger partial charge is 0.147 e. The third-order valence-electron chi connectivity index (χ3n) is 1.73. The van der Waals surface area contributed by atoms with Gasteiger partial charge < -0.3 is 4.74 Å². The average Bonchev–Trinajstić information content (AvgIpc) is 2.17. The highest BCUT2D eigenvalue weighted by atomic mass is 16.5. The van der Waals surface area contributed by atoms with E-state index in [9.17, 15) is 0 Å². The lowest BCUT2D eigenvalue weighted by atomic mass is 10.2. The predicted octanol–water partition coefficient (Wildman–Crippen LogP) is 2.04. The van der Waals surface area contributed by atoms with Crippen LogP contribution < -0.4 is 4.74 Å². The van der Waals surface area contributed by atoms with Gasteiger partial charge in [-0.05, 0) is 12.1 Å². The minimum absolute atomic E-state index is 0.675. The number of para-hydroxylation sites is 1. The summed E-state index contributed by atoms with van der Waals surface area (Å²) in [5.41, 5.74) is 0.943. The second kappa shape index (κ2) is 2.81. The lowest BCUT2D eigenvalue weighted by molar-refractivity contribution is 0.412. The summed E-state index contributed by atoms with van der Waals surface area (Å²) in [6.07, 6.45) is 2.79. The number of ether oxygens (including phenoxy) is 1. The second-order valence-corrected chi connectivity index (χ2v) is 2.50. The third-order valence-corrected chi connectivity index (χ3v) is 1.73. The summed E-state index contributed by atoms with van der Waals surface area (Å²) in [5, 5.41) is 1.08. The third kappa shape index (κ3) is 1.11. The summed E-state index contributed by atoms with van der Waals surface area (Å²) >= 11 is 0. The molecule has 0 N–H and O–H groups in total. The monoisotopic (exact) mass is 158 g/mol. The van der Waals surface area contributed by atoms with Crippen molar-refractivity contribution >= 4 is 10.9 Å². The van der Waals surface area contributed by atoms with Crippen LogP contribution in [0.5, 0.6) is 5.75 Å². The summed E-state index contributed by atoms with van der Waals surface area (Å²) in [5.74, 6) is 0.675. The topological polar surface area (TPSA) is 22.1 Å². The SMILES string of the molecule is COc1[c]nc2ccccc2c1. The summed E-state index contributed by atoms with van der Waals surface area (Å²) in [7, 11) is 1.61. The van der Waals surface area contributed by atoms with Gasteiger partial charge in [-0.25, -0.2) is 4.98 Å². The molecule has 2 nitrogen and oxygen atoms in total. The Bertz CT molecular complexity index is 398. The molecule has 1 radical (unpaired) electrons. The van der Waals surface area contributed by atoms with Gasteiger partial charge in [-0.1, -0.05) is 18.2 Å². The van der Waals surface area contributed by atoms with Crippen LogP contribution in [0.4, 0.5) is 0 Å². The largest absolute Gasteiger partial charge is 0.494 e. The Kier molecular flexibility index (Phi) is 1.67. The molecular weight excluding hydrogens is 150 g/mol. The lowest BCUT2D eigenvalue weighted by Gasteiger charge is -1.99. The molecule has 0 atom stereocenters. The first-order valence-electron chi connectivity index (χ1n) is 3.71. The number of hydrogen-bond donors (Lipinski definition) is 0. The molecule has 0 saturated heterocycles. The zero-order valence-electron chi connectivity index (χ0n) is 6.74. The Labute approximate surface area is 70.8 Å². The maximum atomic E-state index is 5.00. The molecule has 0 aliphatic heterocycles. The molecule has 12 heavy (non-hydrogen) atoms. The highest BCUT2D eigenvalue weighted by Crippen LogP contribution is 2.16. The zero-order valence-corrected chi connectivity index (χ0v) is 6.74. The normalized spacial score (nSPS) is 10.1. The van der Waals surface area contributed by atoms with Crippen LogP contribution in [0, 0.1) is 6.20 Å². The lowest BCUT2D eigenvalue weighted by Crippen LogP contribution is -1.85. The Morgan fingerprint density at radius 3 is 3.00 bits per heavy atom. The molecule has 0 unspecified atom stereocenters. The van der Waals surface area contributed by atoms with E-state index in [1.54, 1.807) is 7.11 Å². The molecule has 1 aromatic heterocycles. The first-order valence-corrected chi connectivity index (χ1v) is 3.71. The van der Waals surface area contributed by atoms with Gasteiger partial charge in [-0.2, -0.15) is 0 Å². The standard InChI is InChI=1S/C10H8NO/c1-12-9-6-8-4-2-3-5-10(8)11-7-9/h2-6H,1H3. The highest BCUT2D eigenvalue weighted by molar-refractivity contribution is 5.79. The first kappa shape index (κ1) is 7.10. The summed E-state index contributed by atoms with van der Waals surface area (Å²) in [4.78, 5) is 4.10. The van der Waals surface area contributed by atoms with E-state index in [1.165, 1.54) is 0 Å². The summed E-state index contributed by atoms with van der Waals surface area (Å²) in [6.45, 7) is 0. The van der Waals surface area contributed by atoms with E-state index < -0.39 is 0 Å². The van der Waals surface area contributed by atoms with Gasteiger partial charge in [0.15, 0.2) is 0 Å². The Balaban J connectivity index is 2.67. The number of benzene rings is 1. The molecule has 1 heterocycles. The van der Waals surface area contributed by atoms with Gasteiger partial charge in [0.05, 0.1) is 12.6 Å². The molecule has 0 amide bonds. The quantitative estimate of drug-likeness (QED) is 0.633. The van der Waals surface area contributed by atoms with Gasteiger partial charge in [0.25, 0.3) is 0 Å². The molecule has 1 aromatic carbocycles. The molecule has 0 aliphatic carbocycles. The Hall–Kier alpha value is -1.57. The van der Waals surface area contributed by atoms with Gasteiger partial charge in [0.1, 0.15) is 11.9 Å². The van der Waals surface area contributed by atoms with Crippen LogP contribution in [0.2, 0.25) is 0 Å². The molecular formula is C10H8NO. The number of pyridine rings is 1. The predicted molar refractivity (Wildman–Crippen MR) is 47.1 cm³/mol. The van der Waals surface area contributed by atoms with Crippen LogP contribution in [-0.4, -0.2) is 12.1 Å². The van der Waals surface area contributed by atoms with Gasteiger partial charge in [0.2, 0.25) is 0 Å². The fourth-order valence-electron chi connectivity index (χ4n) is 1.10. The summed E-state index contributed by atoms with van der Waals surface area (Å²) < 4.78 is 5.00. The van der Waals surface area contributed by atoms with Crippen molar-refractivity contribution in [2.24, 2.45) is 0 Å². The van der Waals surface area contributed by atoms with Crippen LogP contribution >= 0.6 is 0 Å². The maximum absolute atomic E-state index is 5.00. The molecule has 0 saturated carbocycles. The van der Waals surface area contributed by atoms with Gasteiger partial charge in [0, 0.05) is 5.39 Å². The molecule has 59 valence electrons. The number of rotatable bonds is 1. The molecule has 2 heteroatoms. The van der Waals surface area contributed by atoms with Crippen LogP contribution in [-0.2, 0) is 0 Å². The van der Waals surface area contributed by atoms with Crippen LogP contribution in [0.1, 0.15) is 0 Å². The van der Waals surface area contributed by atoms with Crippen molar-refractivity contribution in [3.05, 3.63) is 36.5 Å². The Morgan fingerprint density at radius 1 is 1.33 bits per heavy atom. The van der Waals surface area contributed by atoms with Crippen molar-refractivity contribution < 1.29 is 4.74 Å². The fraction of sp³-hybridized carbons (Fsp3) is 0.100. The van der Waals surface area contributed by atoms with Gasteiger partial charge in [-0.3, -0.25) is 0 Å². The fourth-order valence-corrected chi connectivity index (χ4v) is 1.10. The van der Waals surface area contributed by atoms with Crippen molar-refractivity contribution in [1.29, 1.82) is 0 Å². The van der Waals surface area contributed by atoms with E-state index in [4.69, 9.17) is 4.74 Å². The van der Waals surface area contributed by atoms with Crippen LogP contribution in [0.25, 0.3) is 10.9 Å². The first-order chi connectivity index (χ1) is 5.90. The van der Waals surface area contributed by atoms with E-state index in [-0.39, 0.29) is 0 Å². The van der Waals surface area contributed by atoms with E-state index in [2.05, 4.69) is 11.2 Å². The molecule has 0 fully saturated rings. The molecule has 2 aromatic rings. The molecule has 0 spiro atoms. The minimum atomic E-state index is 0.675. The van der Waals surface area contributed by atoms with Crippen molar-refractivity contribution in [2.45, 2.75) is 0 Å². The van der Waals surface area contributed by atoms with E-state index in [0.29, 0.717) is 5.75 Å². The van der Waals surface area contributed by atoms with E-state index in [0.717, 1.165) is 10.9 Å². The van der Waals surface area contributed by atoms with Crippen molar-refractivity contribution in [2.75, 3.05) is 7.11 Å². The van der Waals surface area contributed by atoms with E-state index >= 15 is 0 Å². The van der Waals surface area contributed by atoms with Crippen molar-refractivity contribution in [3.63, 3.8) is 0 Å². The number of fused-ring (bicyclic) bond motifs is 1. The van der Waals surface area contributed by atoms with Crippen LogP contribution in [0.3, 0.4) is 0 Å². The van der Waals surface area contributed by atoms with Crippen molar-refractivity contribution in [3.8, 4) is 5.75 Å². The Morgan fingerprint density at radius 2 is 2.17 bits per heavy atom.